The summed E-state index contributed by atoms with van der Waals surface area (Å²) in [6.45, 7) is 8.80. The van der Waals surface area contributed by atoms with Crippen LogP contribution in [0.5, 0.6) is 0 Å². The minimum atomic E-state index is 0.500. The van der Waals surface area contributed by atoms with Crippen molar-refractivity contribution in [2.75, 3.05) is 6.54 Å². The van der Waals surface area contributed by atoms with E-state index in [1.807, 2.05) is 0 Å². The molecule has 0 aliphatic heterocycles. The first-order valence-electron chi connectivity index (χ1n) is 3.10. The van der Waals surface area contributed by atoms with E-state index >= 15 is 0 Å². The Morgan fingerprint density at radius 2 is 2.25 bits per heavy atom. The summed E-state index contributed by atoms with van der Waals surface area (Å²) in [5.41, 5.74) is 6.64. The van der Waals surface area contributed by atoms with Gasteiger partial charge in [0, 0.05) is 0 Å². The van der Waals surface area contributed by atoms with Crippen LogP contribution in [0, 0.1) is 5.92 Å². The lowest BCUT2D eigenvalue weighted by Gasteiger charge is -2.08. The van der Waals surface area contributed by atoms with E-state index in [0.29, 0.717) is 5.92 Å². The van der Waals surface area contributed by atoms with Crippen molar-refractivity contribution in [1.82, 2.24) is 0 Å². The van der Waals surface area contributed by atoms with E-state index in [1.54, 1.807) is 0 Å². The van der Waals surface area contributed by atoms with Gasteiger partial charge in [-0.15, -0.1) is 0 Å². The van der Waals surface area contributed by atoms with Gasteiger partial charge in [-0.3, -0.25) is 0 Å². The Balaban J connectivity index is 3.46. The van der Waals surface area contributed by atoms with Crippen LogP contribution < -0.4 is 5.73 Å². The molecule has 0 aromatic rings. The van der Waals surface area contributed by atoms with E-state index < -0.39 is 0 Å². The lowest BCUT2D eigenvalue weighted by Crippen LogP contribution is -2.11. The molecule has 0 unspecified atom stereocenters. The van der Waals surface area contributed by atoms with Crippen molar-refractivity contribution < 1.29 is 0 Å². The largest absolute Gasteiger partial charge is 0.330 e. The van der Waals surface area contributed by atoms with Crippen LogP contribution in [-0.4, -0.2) is 6.54 Å². The number of hydrogen-bond acceptors (Lipinski definition) is 1. The lowest BCUT2D eigenvalue weighted by atomic mass is 10.0. The van der Waals surface area contributed by atoms with Gasteiger partial charge in [0.1, 0.15) is 0 Å². The molecule has 0 aliphatic rings. The zero-order valence-electron chi connectivity index (χ0n) is 5.78. The summed E-state index contributed by atoms with van der Waals surface area (Å²) in [5, 5.41) is 0. The Bertz CT molecular complexity index is 76.5. The molecule has 0 bridgehead atoms. The Morgan fingerprint density at radius 1 is 1.75 bits per heavy atom. The standard InChI is InChI=1S/C7H15N/c1-4-6(2)7(3)5-8/h7H,2,4-5,8H2,1,3H3/t7-/m0/s1. The molecule has 0 saturated heterocycles. The zero-order valence-corrected chi connectivity index (χ0v) is 5.78. The molecule has 2 N–H and O–H groups in total. The Labute approximate surface area is 51.6 Å². The predicted molar refractivity (Wildman–Crippen MR) is 37.6 cm³/mol. The molecule has 0 aromatic carbocycles. The highest BCUT2D eigenvalue weighted by molar-refractivity contribution is 4.97. The van der Waals surface area contributed by atoms with E-state index in [9.17, 15) is 0 Å². The van der Waals surface area contributed by atoms with E-state index in [-0.39, 0.29) is 0 Å². The third-order valence-electron chi connectivity index (χ3n) is 1.50. The molecule has 0 aromatic heterocycles. The normalized spacial score (nSPS) is 13.4. The molecule has 1 heteroatoms. The monoisotopic (exact) mass is 113 g/mol. The summed E-state index contributed by atoms with van der Waals surface area (Å²) in [6, 6.07) is 0. The maximum absolute atomic E-state index is 5.39. The van der Waals surface area contributed by atoms with Gasteiger partial charge in [0.25, 0.3) is 0 Å². The van der Waals surface area contributed by atoms with Crippen LogP contribution in [0.3, 0.4) is 0 Å². The molecular weight excluding hydrogens is 98.1 g/mol. The highest BCUT2D eigenvalue weighted by atomic mass is 14.5. The molecule has 0 spiro atoms. The number of nitrogens with two attached hydrogens (primary N) is 1. The molecule has 0 radical (unpaired) electrons. The van der Waals surface area contributed by atoms with Crippen LogP contribution in [0.4, 0.5) is 0 Å². The zero-order chi connectivity index (χ0) is 6.57. The average Bonchev–Trinajstić information content (AvgIpc) is 1.84. The first-order chi connectivity index (χ1) is 3.72. The van der Waals surface area contributed by atoms with Crippen molar-refractivity contribution in [2.45, 2.75) is 20.3 Å². The first kappa shape index (κ1) is 7.70. The van der Waals surface area contributed by atoms with Crippen molar-refractivity contribution >= 4 is 0 Å². The average molecular weight is 113 g/mol. The fourth-order valence-corrected chi connectivity index (χ4v) is 0.515. The van der Waals surface area contributed by atoms with Crippen molar-refractivity contribution in [2.24, 2.45) is 11.7 Å². The summed E-state index contributed by atoms with van der Waals surface area (Å²) >= 11 is 0. The molecule has 8 heavy (non-hydrogen) atoms. The summed E-state index contributed by atoms with van der Waals surface area (Å²) in [5.74, 6) is 0.500. The summed E-state index contributed by atoms with van der Waals surface area (Å²) in [7, 11) is 0. The maximum atomic E-state index is 5.39. The van der Waals surface area contributed by atoms with Crippen LogP contribution in [-0.2, 0) is 0 Å². The minimum Gasteiger partial charge on any atom is -0.330 e. The van der Waals surface area contributed by atoms with E-state index in [4.69, 9.17) is 5.73 Å². The fourth-order valence-electron chi connectivity index (χ4n) is 0.515. The fraction of sp³-hybridized carbons (Fsp3) is 0.714. The first-order valence-corrected chi connectivity index (χ1v) is 3.10. The SMILES string of the molecule is C=C(CC)[C@@H](C)CN. The topological polar surface area (TPSA) is 26.0 Å². The Morgan fingerprint density at radius 3 is 2.38 bits per heavy atom. The van der Waals surface area contributed by atoms with Gasteiger partial charge in [-0.05, 0) is 18.9 Å². The second-order valence-corrected chi connectivity index (χ2v) is 2.15. The molecule has 0 heterocycles. The molecular formula is C7H15N. The Hall–Kier alpha value is -0.300. The van der Waals surface area contributed by atoms with Gasteiger partial charge in [0.05, 0.1) is 0 Å². The third kappa shape index (κ3) is 2.12. The van der Waals surface area contributed by atoms with E-state index in [0.717, 1.165) is 13.0 Å². The molecule has 0 rings (SSSR count). The predicted octanol–water partition coefficient (Wildman–Crippen LogP) is 1.55. The lowest BCUT2D eigenvalue weighted by molar-refractivity contribution is 0.671. The van der Waals surface area contributed by atoms with Crippen molar-refractivity contribution in [3.63, 3.8) is 0 Å². The summed E-state index contributed by atoms with van der Waals surface area (Å²) in [6.07, 6.45) is 1.05. The second-order valence-electron chi connectivity index (χ2n) is 2.15. The number of hydrogen-bond donors (Lipinski definition) is 1. The molecule has 0 fully saturated rings. The van der Waals surface area contributed by atoms with Gasteiger partial charge >= 0.3 is 0 Å². The van der Waals surface area contributed by atoms with Gasteiger partial charge in [0.15, 0.2) is 0 Å². The molecule has 0 saturated carbocycles. The smallest absolute Gasteiger partial charge is 0.00143 e. The van der Waals surface area contributed by atoms with Crippen LogP contribution in [0.15, 0.2) is 12.2 Å². The van der Waals surface area contributed by atoms with Crippen LogP contribution in [0.2, 0.25) is 0 Å². The molecule has 0 aliphatic carbocycles. The van der Waals surface area contributed by atoms with Crippen LogP contribution >= 0.6 is 0 Å². The highest BCUT2D eigenvalue weighted by Crippen LogP contribution is 2.08. The van der Waals surface area contributed by atoms with Crippen LogP contribution in [0.1, 0.15) is 20.3 Å². The number of rotatable bonds is 3. The van der Waals surface area contributed by atoms with E-state index in [1.165, 1.54) is 5.57 Å². The van der Waals surface area contributed by atoms with Gasteiger partial charge < -0.3 is 5.73 Å². The van der Waals surface area contributed by atoms with Crippen LogP contribution in [0.25, 0.3) is 0 Å². The molecule has 1 atom stereocenters. The van der Waals surface area contributed by atoms with Crippen molar-refractivity contribution in [3.8, 4) is 0 Å². The molecule has 0 amide bonds. The highest BCUT2D eigenvalue weighted by Gasteiger charge is 1.99. The second kappa shape index (κ2) is 3.67. The van der Waals surface area contributed by atoms with Crippen molar-refractivity contribution in [1.29, 1.82) is 0 Å². The maximum Gasteiger partial charge on any atom is -0.00143 e. The van der Waals surface area contributed by atoms with Crippen molar-refractivity contribution in [3.05, 3.63) is 12.2 Å². The summed E-state index contributed by atoms with van der Waals surface area (Å²) < 4.78 is 0. The summed E-state index contributed by atoms with van der Waals surface area (Å²) in [4.78, 5) is 0. The van der Waals surface area contributed by atoms with Gasteiger partial charge in [-0.2, -0.15) is 0 Å². The van der Waals surface area contributed by atoms with Gasteiger partial charge in [-0.1, -0.05) is 26.0 Å². The quantitative estimate of drug-likeness (QED) is 0.552. The molecule has 1 nitrogen and oxygen atoms in total. The third-order valence-corrected chi connectivity index (χ3v) is 1.50. The Kier molecular flexibility index (Phi) is 3.53. The van der Waals surface area contributed by atoms with Gasteiger partial charge in [0.2, 0.25) is 0 Å². The van der Waals surface area contributed by atoms with Gasteiger partial charge in [-0.25, -0.2) is 0 Å². The minimum absolute atomic E-state index is 0.500. The molecule has 48 valence electrons. The van der Waals surface area contributed by atoms with E-state index in [2.05, 4.69) is 20.4 Å².